The van der Waals surface area contributed by atoms with Crippen molar-refractivity contribution >= 4 is 11.7 Å². The molecular formula is C15H22N2O3. The van der Waals surface area contributed by atoms with Gasteiger partial charge in [-0.25, -0.2) is 0 Å². The van der Waals surface area contributed by atoms with Crippen molar-refractivity contribution in [3.8, 4) is 5.75 Å². The lowest BCUT2D eigenvalue weighted by molar-refractivity contribution is -0.138. The van der Waals surface area contributed by atoms with Crippen LogP contribution < -0.4 is 9.64 Å². The van der Waals surface area contributed by atoms with Crippen molar-refractivity contribution < 1.29 is 14.6 Å². The predicted molar refractivity (Wildman–Crippen MR) is 78.5 cm³/mol. The topological polar surface area (TPSA) is 53.0 Å². The summed E-state index contributed by atoms with van der Waals surface area (Å²) in [6.45, 7) is 5.60. The molecule has 0 saturated carbocycles. The molecule has 0 amide bonds. The van der Waals surface area contributed by atoms with E-state index in [0.29, 0.717) is 0 Å². The van der Waals surface area contributed by atoms with Gasteiger partial charge in [0.1, 0.15) is 5.75 Å². The first kappa shape index (κ1) is 14.7. The van der Waals surface area contributed by atoms with Crippen LogP contribution in [-0.4, -0.2) is 55.3 Å². The molecule has 1 saturated heterocycles. The van der Waals surface area contributed by atoms with E-state index in [4.69, 9.17) is 9.84 Å². The lowest BCUT2D eigenvalue weighted by Crippen LogP contribution is -2.50. The van der Waals surface area contributed by atoms with Gasteiger partial charge in [-0.2, -0.15) is 0 Å². The average molecular weight is 278 g/mol. The molecule has 1 aliphatic rings. The zero-order chi connectivity index (χ0) is 14.5. The Kier molecular flexibility index (Phi) is 4.84. The summed E-state index contributed by atoms with van der Waals surface area (Å²) in [4.78, 5) is 15.3. The normalized spacial score (nSPS) is 17.8. The van der Waals surface area contributed by atoms with Crippen molar-refractivity contribution in [3.63, 3.8) is 0 Å². The standard InChI is InChI=1S/C15H22N2O3/c1-12(10-15(18)19)16-6-8-17(9-7-16)13-4-3-5-14(11-13)20-2/h3-5,11-12H,6-10H2,1-2H3,(H,18,19). The fourth-order valence-electron chi connectivity index (χ4n) is 2.61. The smallest absolute Gasteiger partial charge is 0.304 e. The number of carbonyl (C=O) groups is 1. The number of benzene rings is 1. The van der Waals surface area contributed by atoms with Crippen LogP contribution in [0.4, 0.5) is 5.69 Å². The second-order valence-electron chi connectivity index (χ2n) is 5.17. The van der Waals surface area contributed by atoms with Crippen molar-refractivity contribution in [1.82, 2.24) is 4.90 Å². The second kappa shape index (κ2) is 6.61. The molecule has 1 fully saturated rings. The SMILES string of the molecule is COc1cccc(N2CCN(C(C)CC(=O)O)CC2)c1. The molecular weight excluding hydrogens is 256 g/mol. The second-order valence-corrected chi connectivity index (χ2v) is 5.17. The lowest BCUT2D eigenvalue weighted by Gasteiger charge is -2.38. The quantitative estimate of drug-likeness (QED) is 0.888. The maximum Gasteiger partial charge on any atom is 0.304 e. The third-order valence-corrected chi connectivity index (χ3v) is 3.83. The van der Waals surface area contributed by atoms with E-state index in [1.807, 2.05) is 25.1 Å². The Morgan fingerprint density at radius 1 is 1.35 bits per heavy atom. The van der Waals surface area contributed by atoms with Crippen LogP contribution in [0.25, 0.3) is 0 Å². The van der Waals surface area contributed by atoms with Crippen LogP contribution in [0.3, 0.4) is 0 Å². The Morgan fingerprint density at radius 3 is 2.65 bits per heavy atom. The number of ether oxygens (including phenoxy) is 1. The number of piperazine rings is 1. The summed E-state index contributed by atoms with van der Waals surface area (Å²) >= 11 is 0. The van der Waals surface area contributed by atoms with Crippen molar-refractivity contribution in [2.45, 2.75) is 19.4 Å². The summed E-state index contributed by atoms with van der Waals surface area (Å²) in [5.74, 6) is 0.136. The molecule has 0 spiro atoms. The molecule has 1 atom stereocenters. The molecule has 5 nitrogen and oxygen atoms in total. The first-order chi connectivity index (χ1) is 9.60. The number of rotatable bonds is 5. The van der Waals surface area contributed by atoms with Crippen LogP contribution in [0, 0.1) is 0 Å². The fourth-order valence-corrected chi connectivity index (χ4v) is 2.61. The minimum absolute atomic E-state index is 0.0972. The van der Waals surface area contributed by atoms with E-state index >= 15 is 0 Å². The molecule has 5 heteroatoms. The molecule has 110 valence electrons. The summed E-state index contributed by atoms with van der Waals surface area (Å²) in [7, 11) is 1.67. The van der Waals surface area contributed by atoms with Gasteiger partial charge in [-0.3, -0.25) is 9.69 Å². The first-order valence-corrected chi connectivity index (χ1v) is 6.95. The van der Waals surface area contributed by atoms with Crippen LogP contribution in [0.1, 0.15) is 13.3 Å². The highest BCUT2D eigenvalue weighted by atomic mass is 16.5. The van der Waals surface area contributed by atoms with E-state index < -0.39 is 5.97 Å². The summed E-state index contributed by atoms with van der Waals surface area (Å²) in [5, 5.41) is 8.85. The molecule has 1 unspecified atom stereocenters. The van der Waals surface area contributed by atoms with Gasteiger partial charge >= 0.3 is 5.97 Å². The number of anilines is 1. The number of hydrogen-bond donors (Lipinski definition) is 1. The average Bonchev–Trinajstić information content (AvgIpc) is 2.47. The highest BCUT2D eigenvalue weighted by molar-refractivity contribution is 5.67. The van der Waals surface area contributed by atoms with Crippen molar-refractivity contribution in [2.75, 3.05) is 38.2 Å². The highest BCUT2D eigenvalue weighted by Gasteiger charge is 2.22. The molecule has 0 aromatic heterocycles. The summed E-state index contributed by atoms with van der Waals surface area (Å²) < 4.78 is 5.25. The fraction of sp³-hybridized carbons (Fsp3) is 0.533. The number of carboxylic acids is 1. The minimum Gasteiger partial charge on any atom is -0.497 e. The summed E-state index contributed by atoms with van der Waals surface area (Å²) in [6.07, 6.45) is 0.207. The minimum atomic E-state index is -0.729. The molecule has 0 bridgehead atoms. The molecule has 1 aliphatic heterocycles. The summed E-state index contributed by atoms with van der Waals surface area (Å²) in [5.41, 5.74) is 1.16. The van der Waals surface area contributed by atoms with Gasteiger partial charge in [0, 0.05) is 44.0 Å². The molecule has 1 aromatic rings. The van der Waals surface area contributed by atoms with E-state index in [1.54, 1.807) is 7.11 Å². The summed E-state index contributed by atoms with van der Waals surface area (Å²) in [6, 6.07) is 8.15. The lowest BCUT2D eigenvalue weighted by atomic mass is 10.1. The van der Waals surface area contributed by atoms with Crippen LogP contribution in [0.15, 0.2) is 24.3 Å². The monoisotopic (exact) mass is 278 g/mol. The van der Waals surface area contributed by atoms with Gasteiger partial charge in [0.05, 0.1) is 13.5 Å². The molecule has 0 aliphatic carbocycles. The van der Waals surface area contributed by atoms with Crippen molar-refractivity contribution in [1.29, 1.82) is 0 Å². The largest absolute Gasteiger partial charge is 0.497 e. The van der Waals surface area contributed by atoms with Gasteiger partial charge < -0.3 is 14.7 Å². The van der Waals surface area contributed by atoms with Crippen LogP contribution in [0.5, 0.6) is 5.75 Å². The number of carboxylic acid groups (broad SMARTS) is 1. The van der Waals surface area contributed by atoms with Gasteiger partial charge in [0.25, 0.3) is 0 Å². The van der Waals surface area contributed by atoms with Gasteiger partial charge in [-0.05, 0) is 19.1 Å². The molecule has 1 N–H and O–H groups in total. The Labute approximate surface area is 119 Å². The van der Waals surface area contributed by atoms with E-state index in [9.17, 15) is 4.79 Å². The maximum atomic E-state index is 10.8. The third kappa shape index (κ3) is 3.63. The Bertz CT molecular complexity index is 456. The number of methoxy groups -OCH3 is 1. The third-order valence-electron chi connectivity index (χ3n) is 3.83. The van der Waals surface area contributed by atoms with Crippen LogP contribution in [-0.2, 0) is 4.79 Å². The molecule has 2 rings (SSSR count). The molecule has 1 aromatic carbocycles. The highest BCUT2D eigenvalue weighted by Crippen LogP contribution is 2.22. The first-order valence-electron chi connectivity index (χ1n) is 6.95. The zero-order valence-corrected chi connectivity index (χ0v) is 12.1. The van der Waals surface area contributed by atoms with Gasteiger partial charge in [0.15, 0.2) is 0 Å². The number of nitrogens with zero attached hydrogens (tertiary/aromatic N) is 2. The zero-order valence-electron chi connectivity index (χ0n) is 12.1. The van der Waals surface area contributed by atoms with Crippen LogP contribution >= 0.6 is 0 Å². The molecule has 0 radical (unpaired) electrons. The molecule has 1 heterocycles. The van der Waals surface area contributed by atoms with Crippen molar-refractivity contribution in [3.05, 3.63) is 24.3 Å². The Morgan fingerprint density at radius 2 is 2.05 bits per heavy atom. The number of aliphatic carboxylic acids is 1. The van der Waals surface area contributed by atoms with E-state index in [1.165, 1.54) is 0 Å². The maximum absolute atomic E-state index is 10.8. The Balaban J connectivity index is 1.92. The van der Waals surface area contributed by atoms with Crippen LogP contribution in [0.2, 0.25) is 0 Å². The Hall–Kier alpha value is -1.75. The predicted octanol–water partition coefficient (Wildman–Crippen LogP) is 1.68. The van der Waals surface area contributed by atoms with Gasteiger partial charge in [-0.15, -0.1) is 0 Å². The van der Waals surface area contributed by atoms with E-state index in [0.717, 1.165) is 37.6 Å². The van der Waals surface area contributed by atoms with E-state index in [-0.39, 0.29) is 12.5 Å². The molecule has 20 heavy (non-hydrogen) atoms. The van der Waals surface area contributed by atoms with Crippen molar-refractivity contribution in [2.24, 2.45) is 0 Å². The number of hydrogen-bond acceptors (Lipinski definition) is 4. The van der Waals surface area contributed by atoms with Gasteiger partial charge in [0.2, 0.25) is 0 Å². The van der Waals surface area contributed by atoms with Gasteiger partial charge in [-0.1, -0.05) is 6.07 Å². The van der Waals surface area contributed by atoms with E-state index in [2.05, 4.69) is 15.9 Å².